The first kappa shape index (κ1) is 18.4. The van der Waals surface area contributed by atoms with Crippen molar-refractivity contribution in [3.8, 4) is 0 Å². The predicted molar refractivity (Wildman–Crippen MR) is 95.5 cm³/mol. The Morgan fingerprint density at radius 3 is 2.36 bits per heavy atom. The van der Waals surface area contributed by atoms with Crippen LogP contribution in [-0.4, -0.2) is 23.2 Å². The van der Waals surface area contributed by atoms with Crippen LogP contribution in [0.4, 0.5) is 13.6 Å². The zero-order valence-corrected chi connectivity index (χ0v) is 15.0. The minimum Gasteiger partial charge on any atom is -0.480 e. The highest BCUT2D eigenvalue weighted by Crippen LogP contribution is 2.75. The Balaban J connectivity index is 1.38. The van der Waals surface area contributed by atoms with E-state index in [4.69, 9.17) is 4.74 Å². The minimum absolute atomic E-state index is 0.0464. The highest BCUT2D eigenvalue weighted by Gasteiger charge is 2.72. The maximum absolute atomic E-state index is 13.5. The van der Waals surface area contributed by atoms with E-state index in [1.54, 1.807) is 18.2 Å². The van der Waals surface area contributed by atoms with Gasteiger partial charge in [0.15, 0.2) is 11.6 Å². The van der Waals surface area contributed by atoms with Crippen molar-refractivity contribution in [2.24, 2.45) is 5.41 Å². The van der Waals surface area contributed by atoms with E-state index in [2.05, 4.69) is 5.32 Å². The molecule has 5 rings (SSSR count). The summed E-state index contributed by atoms with van der Waals surface area (Å²) < 4.78 is 31.8. The third-order valence-electron chi connectivity index (χ3n) is 5.94. The van der Waals surface area contributed by atoms with Crippen LogP contribution in [0.25, 0.3) is 0 Å². The van der Waals surface area contributed by atoms with Crippen LogP contribution in [0.2, 0.25) is 0 Å². The molecule has 3 saturated carbocycles. The van der Waals surface area contributed by atoms with Crippen molar-refractivity contribution < 1.29 is 28.2 Å². The fraction of sp³-hybridized carbons (Fsp3) is 0.333. The van der Waals surface area contributed by atoms with E-state index in [1.807, 2.05) is 18.2 Å². The summed E-state index contributed by atoms with van der Waals surface area (Å²) in [4.78, 5) is 23.8. The van der Waals surface area contributed by atoms with E-state index < -0.39 is 35.2 Å². The van der Waals surface area contributed by atoms with Gasteiger partial charge in [0.25, 0.3) is 0 Å². The number of amides is 1. The molecule has 3 aliphatic carbocycles. The second kappa shape index (κ2) is 6.58. The molecule has 146 valence electrons. The second-order valence-electron chi connectivity index (χ2n) is 7.78. The van der Waals surface area contributed by atoms with Crippen LogP contribution in [0.1, 0.15) is 30.4 Å². The summed E-state index contributed by atoms with van der Waals surface area (Å²) in [5.41, 5.74) is 0.553. The molecule has 3 fully saturated rings. The van der Waals surface area contributed by atoms with Gasteiger partial charge in [0.1, 0.15) is 12.6 Å². The van der Waals surface area contributed by atoms with Gasteiger partial charge in [0, 0.05) is 5.41 Å². The Kier molecular flexibility index (Phi) is 4.33. The summed E-state index contributed by atoms with van der Waals surface area (Å²) in [5.74, 6) is -2.94. The van der Waals surface area contributed by atoms with Gasteiger partial charge in [-0.25, -0.2) is 18.4 Å². The molecular weight excluding hydrogens is 368 g/mol. The number of carboxylic acid groups (broad SMARTS) is 1. The number of halogens is 2. The van der Waals surface area contributed by atoms with Gasteiger partial charge < -0.3 is 15.2 Å². The van der Waals surface area contributed by atoms with Crippen LogP contribution in [0.5, 0.6) is 0 Å². The molecule has 5 nitrogen and oxygen atoms in total. The van der Waals surface area contributed by atoms with Crippen molar-refractivity contribution in [1.82, 2.24) is 5.32 Å². The van der Waals surface area contributed by atoms with Crippen molar-refractivity contribution in [2.45, 2.75) is 37.3 Å². The topological polar surface area (TPSA) is 75.6 Å². The Hall–Kier alpha value is -2.96. The lowest BCUT2D eigenvalue weighted by Crippen LogP contribution is -2.73. The summed E-state index contributed by atoms with van der Waals surface area (Å²) in [7, 11) is 0. The molecule has 0 aromatic heterocycles. The first-order valence-corrected chi connectivity index (χ1v) is 8.99. The number of benzene rings is 2. The number of carbonyl (C=O) groups is 2. The molecule has 2 N–H and O–H groups in total. The first-order valence-electron chi connectivity index (χ1n) is 8.99. The molecule has 0 saturated heterocycles. The van der Waals surface area contributed by atoms with Crippen LogP contribution in [-0.2, 0) is 21.6 Å². The number of nitrogens with one attached hydrogen (secondary N) is 1. The van der Waals surface area contributed by atoms with Crippen molar-refractivity contribution in [3.05, 3.63) is 71.3 Å². The van der Waals surface area contributed by atoms with Crippen molar-refractivity contribution >= 4 is 12.1 Å². The lowest BCUT2D eigenvalue weighted by atomic mass is 9.31. The van der Waals surface area contributed by atoms with E-state index >= 15 is 0 Å². The molecule has 0 heterocycles. The summed E-state index contributed by atoms with van der Waals surface area (Å²) >= 11 is 0. The predicted octanol–water partition coefficient (Wildman–Crippen LogP) is 3.77. The molecule has 0 spiro atoms. The second-order valence-corrected chi connectivity index (χ2v) is 7.78. The highest BCUT2D eigenvalue weighted by molar-refractivity contribution is 5.82. The van der Waals surface area contributed by atoms with E-state index in [9.17, 15) is 23.5 Å². The normalized spacial score (nSPS) is 25.8. The van der Waals surface area contributed by atoms with Crippen LogP contribution in [0, 0.1) is 17.0 Å². The molecule has 1 atom stereocenters. The largest absolute Gasteiger partial charge is 0.480 e. The standard InChI is InChI=1S/C21H19F2NO4/c22-15-7-6-14(8-16(15)23)20-10-21(11-20,12-20)17(18(25)26)24-19(27)28-9-13-4-2-1-3-5-13/h1-8,17H,9-12H2,(H,24,27)(H,25,26). The maximum Gasteiger partial charge on any atom is 0.408 e. The summed E-state index contributed by atoms with van der Waals surface area (Å²) in [6.07, 6.45) is 0.714. The van der Waals surface area contributed by atoms with Gasteiger partial charge in [0.2, 0.25) is 0 Å². The fourth-order valence-electron chi connectivity index (χ4n) is 4.66. The number of hydrogen-bond donors (Lipinski definition) is 2. The van der Waals surface area contributed by atoms with E-state index in [-0.39, 0.29) is 12.0 Å². The van der Waals surface area contributed by atoms with Crippen LogP contribution < -0.4 is 5.32 Å². The van der Waals surface area contributed by atoms with Crippen LogP contribution in [0.3, 0.4) is 0 Å². The van der Waals surface area contributed by atoms with Gasteiger partial charge >= 0.3 is 12.1 Å². The first-order chi connectivity index (χ1) is 13.3. The third kappa shape index (κ3) is 3.00. The van der Waals surface area contributed by atoms with Crippen LogP contribution in [0.15, 0.2) is 48.5 Å². The molecular formula is C21H19F2NO4. The fourth-order valence-corrected chi connectivity index (χ4v) is 4.66. The van der Waals surface area contributed by atoms with E-state index in [0.717, 1.165) is 11.6 Å². The van der Waals surface area contributed by atoms with Gasteiger partial charge in [-0.2, -0.15) is 0 Å². The number of ether oxygens (including phenoxy) is 1. The molecule has 1 amide bonds. The Bertz CT molecular complexity index is 911. The van der Waals surface area contributed by atoms with Gasteiger partial charge in [-0.1, -0.05) is 36.4 Å². The molecule has 3 aliphatic rings. The lowest BCUT2D eigenvalue weighted by Gasteiger charge is -2.72. The van der Waals surface area contributed by atoms with Gasteiger partial charge in [-0.3, -0.25) is 0 Å². The van der Waals surface area contributed by atoms with Gasteiger partial charge in [-0.05, 0) is 47.9 Å². The smallest absolute Gasteiger partial charge is 0.408 e. The zero-order valence-electron chi connectivity index (χ0n) is 15.0. The minimum atomic E-state index is -1.13. The Morgan fingerprint density at radius 1 is 1.07 bits per heavy atom. The van der Waals surface area contributed by atoms with E-state index in [1.165, 1.54) is 6.07 Å². The average molecular weight is 387 g/mol. The maximum atomic E-state index is 13.5. The highest BCUT2D eigenvalue weighted by atomic mass is 19.2. The van der Waals surface area contributed by atoms with Crippen molar-refractivity contribution in [2.75, 3.05) is 0 Å². The summed E-state index contributed by atoms with van der Waals surface area (Å²) in [6, 6.07) is 11.8. The molecule has 0 aliphatic heterocycles. The number of hydrogen-bond acceptors (Lipinski definition) is 3. The Labute approximate surface area is 160 Å². The lowest BCUT2D eigenvalue weighted by molar-refractivity contribution is -0.183. The van der Waals surface area contributed by atoms with Gasteiger partial charge in [-0.15, -0.1) is 0 Å². The summed E-state index contributed by atoms with van der Waals surface area (Å²) in [6.45, 7) is 0.0464. The number of carboxylic acids is 1. The summed E-state index contributed by atoms with van der Waals surface area (Å²) in [5, 5.41) is 12.0. The third-order valence-corrected chi connectivity index (χ3v) is 5.94. The van der Waals surface area contributed by atoms with Crippen molar-refractivity contribution in [1.29, 1.82) is 0 Å². The van der Waals surface area contributed by atoms with Crippen LogP contribution >= 0.6 is 0 Å². The molecule has 2 aromatic rings. The van der Waals surface area contributed by atoms with Crippen molar-refractivity contribution in [3.63, 3.8) is 0 Å². The number of rotatable bonds is 6. The number of carbonyl (C=O) groups excluding carboxylic acids is 1. The van der Waals surface area contributed by atoms with Gasteiger partial charge in [0.05, 0.1) is 0 Å². The average Bonchev–Trinajstić information content (AvgIpc) is 2.60. The molecule has 2 aromatic carbocycles. The van der Waals surface area contributed by atoms with E-state index in [0.29, 0.717) is 24.8 Å². The molecule has 28 heavy (non-hydrogen) atoms. The molecule has 7 heteroatoms. The zero-order chi connectivity index (χ0) is 19.9. The number of aliphatic carboxylic acids is 1. The molecule has 2 bridgehead atoms. The number of alkyl carbamates (subject to hydrolysis) is 1. The molecule has 0 radical (unpaired) electrons. The quantitative estimate of drug-likeness (QED) is 0.791. The molecule has 1 unspecified atom stereocenters. The Morgan fingerprint density at radius 2 is 1.75 bits per heavy atom. The monoisotopic (exact) mass is 387 g/mol. The SMILES string of the molecule is O=C(NC(C(=O)O)C12CC(c3ccc(F)c(F)c3)(C1)C2)OCc1ccccc1.